The van der Waals surface area contributed by atoms with E-state index in [0.29, 0.717) is 15.7 Å². The number of carboxylic acid groups (broad SMARTS) is 1. The second-order valence-corrected chi connectivity index (χ2v) is 5.57. The summed E-state index contributed by atoms with van der Waals surface area (Å²) in [7, 11) is 0. The van der Waals surface area contributed by atoms with Crippen LogP contribution in [-0.2, 0) is 4.79 Å². The quantitative estimate of drug-likeness (QED) is 0.550. The minimum absolute atomic E-state index is 0.0497. The van der Waals surface area contributed by atoms with Gasteiger partial charge in [0.15, 0.2) is 0 Å². The number of rotatable bonds is 4. The molecule has 0 aromatic heterocycles. The third kappa shape index (κ3) is 4.21. The summed E-state index contributed by atoms with van der Waals surface area (Å²) in [4.78, 5) is 22.9. The van der Waals surface area contributed by atoms with Crippen LogP contribution in [0.5, 0.6) is 5.75 Å². The highest BCUT2D eigenvalue weighted by Gasteiger charge is 2.11. The summed E-state index contributed by atoms with van der Waals surface area (Å²) in [5.74, 6) is -1.64. The number of phenols is 1. The summed E-state index contributed by atoms with van der Waals surface area (Å²) in [5.41, 5.74) is 0.901. The number of aromatic carboxylic acids is 1. The second kappa shape index (κ2) is 7.44. The molecule has 0 saturated carbocycles. The molecule has 0 saturated heterocycles. The Morgan fingerprint density at radius 2 is 1.83 bits per heavy atom. The van der Waals surface area contributed by atoms with Crippen molar-refractivity contribution in [3.05, 3.63) is 63.6 Å². The van der Waals surface area contributed by atoms with Gasteiger partial charge in [-0.2, -0.15) is 5.26 Å². The largest absolute Gasteiger partial charge is 0.507 e. The van der Waals surface area contributed by atoms with Crippen LogP contribution >= 0.6 is 15.9 Å². The van der Waals surface area contributed by atoms with Crippen LogP contribution in [0.2, 0.25) is 0 Å². The first-order chi connectivity index (χ1) is 11.4. The van der Waals surface area contributed by atoms with Crippen molar-refractivity contribution < 1.29 is 19.8 Å². The van der Waals surface area contributed by atoms with E-state index in [2.05, 4.69) is 21.2 Å². The van der Waals surface area contributed by atoms with E-state index in [1.54, 1.807) is 12.1 Å². The molecule has 6 nitrogen and oxygen atoms in total. The smallest absolute Gasteiger partial charge is 0.335 e. The number of aromatic hydroxyl groups is 1. The molecule has 0 unspecified atom stereocenters. The highest BCUT2D eigenvalue weighted by atomic mass is 79.9. The lowest BCUT2D eigenvalue weighted by atomic mass is 10.1. The Morgan fingerprint density at radius 1 is 1.17 bits per heavy atom. The van der Waals surface area contributed by atoms with E-state index in [-0.39, 0.29) is 16.9 Å². The summed E-state index contributed by atoms with van der Waals surface area (Å²) >= 11 is 3.16. The van der Waals surface area contributed by atoms with Crippen LogP contribution in [0.1, 0.15) is 15.9 Å². The summed E-state index contributed by atoms with van der Waals surface area (Å²) in [5, 5.41) is 30.0. The summed E-state index contributed by atoms with van der Waals surface area (Å²) in [6.45, 7) is 0. The number of phenolic OH excluding ortho intramolecular Hbond substituents is 1. The van der Waals surface area contributed by atoms with Crippen molar-refractivity contribution in [3.63, 3.8) is 0 Å². The number of benzene rings is 2. The molecule has 24 heavy (non-hydrogen) atoms. The van der Waals surface area contributed by atoms with Crippen LogP contribution in [0, 0.1) is 11.3 Å². The van der Waals surface area contributed by atoms with Crippen molar-refractivity contribution in [2.24, 2.45) is 0 Å². The lowest BCUT2D eigenvalue weighted by Gasteiger charge is -2.05. The minimum atomic E-state index is -1.07. The maximum atomic E-state index is 12.1. The number of amides is 1. The molecular weight excluding hydrogens is 376 g/mol. The Bertz CT molecular complexity index is 867. The molecule has 2 aromatic carbocycles. The molecule has 7 heteroatoms. The molecule has 120 valence electrons. The van der Waals surface area contributed by atoms with Gasteiger partial charge in [-0.05, 0) is 64.0 Å². The molecule has 0 aliphatic rings. The lowest BCUT2D eigenvalue weighted by molar-refractivity contribution is -0.112. The predicted molar refractivity (Wildman–Crippen MR) is 91.4 cm³/mol. The standard InChI is InChI=1S/C17H11BrN2O4/c18-14-8-10(1-6-15(14)21)7-12(9-19)16(22)20-13-4-2-11(3-5-13)17(23)24/h1-8,21H,(H,20,22)(H,23,24)/b12-7+. The van der Waals surface area contributed by atoms with Gasteiger partial charge in [0, 0.05) is 5.69 Å². The summed E-state index contributed by atoms with van der Waals surface area (Å²) in [6.07, 6.45) is 1.38. The molecule has 1 amide bonds. The Hall–Kier alpha value is -3.11. The van der Waals surface area contributed by atoms with E-state index in [1.807, 2.05) is 6.07 Å². The molecule has 0 fully saturated rings. The molecule has 0 spiro atoms. The van der Waals surface area contributed by atoms with Crippen LogP contribution in [0.4, 0.5) is 5.69 Å². The van der Waals surface area contributed by atoms with Crippen molar-refractivity contribution in [2.45, 2.75) is 0 Å². The van der Waals surface area contributed by atoms with Crippen LogP contribution in [0.25, 0.3) is 6.08 Å². The van der Waals surface area contributed by atoms with E-state index in [0.717, 1.165) is 0 Å². The molecule has 0 atom stereocenters. The fraction of sp³-hybridized carbons (Fsp3) is 0. The van der Waals surface area contributed by atoms with Gasteiger partial charge in [-0.25, -0.2) is 4.79 Å². The average Bonchev–Trinajstić information content (AvgIpc) is 2.56. The van der Waals surface area contributed by atoms with Gasteiger partial charge in [0.1, 0.15) is 17.4 Å². The first-order valence-electron chi connectivity index (χ1n) is 6.65. The van der Waals surface area contributed by atoms with Crippen LogP contribution in [-0.4, -0.2) is 22.1 Å². The number of anilines is 1. The van der Waals surface area contributed by atoms with Crippen molar-refractivity contribution in [3.8, 4) is 11.8 Å². The van der Waals surface area contributed by atoms with Gasteiger partial charge >= 0.3 is 5.97 Å². The number of carbonyl (C=O) groups excluding carboxylic acids is 1. The maximum absolute atomic E-state index is 12.1. The van der Waals surface area contributed by atoms with E-state index >= 15 is 0 Å². The number of carboxylic acids is 1. The fourth-order valence-electron chi connectivity index (χ4n) is 1.82. The van der Waals surface area contributed by atoms with E-state index in [9.17, 15) is 14.7 Å². The van der Waals surface area contributed by atoms with E-state index in [4.69, 9.17) is 10.4 Å². The van der Waals surface area contributed by atoms with E-state index in [1.165, 1.54) is 36.4 Å². The van der Waals surface area contributed by atoms with Crippen LogP contribution in [0.3, 0.4) is 0 Å². The number of carbonyl (C=O) groups is 2. The molecule has 0 bridgehead atoms. The third-order valence-corrected chi connectivity index (χ3v) is 3.67. The SMILES string of the molecule is N#C/C(=C\c1ccc(O)c(Br)c1)C(=O)Nc1ccc(C(=O)O)cc1. The van der Waals surface area contributed by atoms with Crippen molar-refractivity contribution in [1.82, 2.24) is 0 Å². The van der Waals surface area contributed by atoms with Crippen LogP contribution in [0.15, 0.2) is 52.5 Å². The normalized spacial score (nSPS) is 10.8. The fourth-order valence-corrected chi connectivity index (χ4v) is 2.22. The maximum Gasteiger partial charge on any atom is 0.335 e. The molecule has 0 aliphatic heterocycles. The monoisotopic (exact) mass is 386 g/mol. The zero-order valence-corrected chi connectivity index (χ0v) is 13.7. The first-order valence-corrected chi connectivity index (χ1v) is 7.45. The van der Waals surface area contributed by atoms with Gasteiger partial charge in [0.05, 0.1) is 10.0 Å². The number of halogens is 1. The van der Waals surface area contributed by atoms with Crippen molar-refractivity contribution in [2.75, 3.05) is 5.32 Å². The van der Waals surface area contributed by atoms with Gasteiger partial charge in [-0.1, -0.05) is 6.07 Å². The van der Waals surface area contributed by atoms with Gasteiger partial charge < -0.3 is 15.5 Å². The molecule has 2 aromatic rings. The second-order valence-electron chi connectivity index (χ2n) is 4.72. The van der Waals surface area contributed by atoms with Crippen LogP contribution < -0.4 is 5.32 Å². The highest BCUT2D eigenvalue weighted by molar-refractivity contribution is 9.10. The Kier molecular flexibility index (Phi) is 5.35. The molecule has 2 rings (SSSR count). The van der Waals surface area contributed by atoms with Gasteiger partial charge in [0.25, 0.3) is 5.91 Å². The van der Waals surface area contributed by atoms with Crippen molar-refractivity contribution in [1.29, 1.82) is 5.26 Å². The molecular formula is C17H11BrN2O4. The number of hydrogen-bond donors (Lipinski definition) is 3. The number of nitrogens with one attached hydrogen (secondary N) is 1. The predicted octanol–water partition coefficient (Wildman–Crippen LogP) is 3.40. The lowest BCUT2D eigenvalue weighted by Crippen LogP contribution is -2.13. The highest BCUT2D eigenvalue weighted by Crippen LogP contribution is 2.25. The number of hydrogen-bond acceptors (Lipinski definition) is 4. The molecule has 3 N–H and O–H groups in total. The Morgan fingerprint density at radius 3 is 2.38 bits per heavy atom. The first kappa shape index (κ1) is 17.2. The Balaban J connectivity index is 2.19. The molecule has 0 aliphatic carbocycles. The Labute approximate surface area is 145 Å². The topological polar surface area (TPSA) is 110 Å². The number of nitriles is 1. The van der Waals surface area contributed by atoms with Gasteiger partial charge in [-0.15, -0.1) is 0 Å². The zero-order valence-electron chi connectivity index (χ0n) is 12.2. The average molecular weight is 387 g/mol. The molecule has 0 radical (unpaired) electrons. The minimum Gasteiger partial charge on any atom is -0.507 e. The van der Waals surface area contributed by atoms with Gasteiger partial charge in [-0.3, -0.25) is 4.79 Å². The summed E-state index contributed by atoms with van der Waals surface area (Å²) < 4.78 is 0.443. The van der Waals surface area contributed by atoms with Crippen molar-refractivity contribution >= 4 is 39.6 Å². The van der Waals surface area contributed by atoms with E-state index < -0.39 is 11.9 Å². The van der Waals surface area contributed by atoms with Gasteiger partial charge in [0.2, 0.25) is 0 Å². The third-order valence-electron chi connectivity index (χ3n) is 3.04. The number of nitrogens with zero attached hydrogens (tertiary/aromatic N) is 1. The molecule has 0 heterocycles. The zero-order chi connectivity index (χ0) is 17.7. The summed E-state index contributed by atoms with van der Waals surface area (Å²) in [6, 6.07) is 12.0.